The molecule has 0 spiro atoms. The first-order valence-electron chi connectivity index (χ1n) is 7.42. The predicted molar refractivity (Wildman–Crippen MR) is 83.0 cm³/mol. The fraction of sp³-hybridized carbons (Fsp3) is 0.588. The SMILES string of the molecule is Cc1ccc(OCCCC(=O)N(C(C)C)C(C)C)cc1. The number of hydrogen-bond donors (Lipinski definition) is 0. The molecule has 1 amide bonds. The first-order valence-corrected chi connectivity index (χ1v) is 7.42. The molecule has 1 aromatic carbocycles. The van der Waals surface area contributed by atoms with E-state index in [4.69, 9.17) is 4.74 Å². The molecule has 1 rings (SSSR count). The largest absolute Gasteiger partial charge is 0.494 e. The highest BCUT2D eigenvalue weighted by Crippen LogP contribution is 2.13. The summed E-state index contributed by atoms with van der Waals surface area (Å²) in [4.78, 5) is 14.1. The number of benzene rings is 1. The lowest BCUT2D eigenvalue weighted by Crippen LogP contribution is -2.42. The van der Waals surface area contributed by atoms with E-state index in [1.807, 2.05) is 29.2 Å². The second kappa shape index (κ2) is 7.93. The molecular weight excluding hydrogens is 250 g/mol. The number of carbonyl (C=O) groups excluding carboxylic acids is 1. The highest BCUT2D eigenvalue weighted by Gasteiger charge is 2.19. The molecule has 0 aliphatic carbocycles. The summed E-state index contributed by atoms with van der Waals surface area (Å²) >= 11 is 0. The van der Waals surface area contributed by atoms with E-state index in [-0.39, 0.29) is 18.0 Å². The molecule has 3 nitrogen and oxygen atoms in total. The molecule has 0 heterocycles. The van der Waals surface area contributed by atoms with Crippen molar-refractivity contribution in [3.05, 3.63) is 29.8 Å². The quantitative estimate of drug-likeness (QED) is 0.709. The van der Waals surface area contributed by atoms with Crippen LogP contribution in [0.2, 0.25) is 0 Å². The van der Waals surface area contributed by atoms with Crippen molar-refractivity contribution in [1.29, 1.82) is 0 Å². The van der Waals surface area contributed by atoms with E-state index in [9.17, 15) is 4.79 Å². The summed E-state index contributed by atoms with van der Waals surface area (Å²) in [7, 11) is 0. The van der Waals surface area contributed by atoms with Crippen LogP contribution in [0.4, 0.5) is 0 Å². The zero-order valence-corrected chi connectivity index (χ0v) is 13.3. The average Bonchev–Trinajstić information content (AvgIpc) is 2.36. The molecule has 0 unspecified atom stereocenters. The molecule has 1 aromatic rings. The maximum atomic E-state index is 12.2. The Morgan fingerprint density at radius 1 is 1.10 bits per heavy atom. The third kappa shape index (κ3) is 5.24. The van der Waals surface area contributed by atoms with Gasteiger partial charge in [0.15, 0.2) is 0 Å². The van der Waals surface area contributed by atoms with Gasteiger partial charge in [0.2, 0.25) is 5.91 Å². The maximum Gasteiger partial charge on any atom is 0.223 e. The van der Waals surface area contributed by atoms with Crippen LogP contribution in [0, 0.1) is 6.92 Å². The first-order chi connectivity index (χ1) is 9.41. The summed E-state index contributed by atoms with van der Waals surface area (Å²) in [5.74, 6) is 1.08. The monoisotopic (exact) mass is 277 g/mol. The lowest BCUT2D eigenvalue weighted by Gasteiger charge is -2.30. The van der Waals surface area contributed by atoms with Crippen LogP contribution in [0.25, 0.3) is 0 Å². The number of amides is 1. The predicted octanol–water partition coefficient (Wildman–Crippen LogP) is 3.80. The Labute approximate surface area is 122 Å². The Morgan fingerprint density at radius 2 is 1.65 bits per heavy atom. The zero-order valence-electron chi connectivity index (χ0n) is 13.3. The van der Waals surface area contributed by atoms with Crippen LogP contribution in [0.3, 0.4) is 0 Å². The number of carbonyl (C=O) groups is 1. The van der Waals surface area contributed by atoms with Crippen molar-refractivity contribution in [3.63, 3.8) is 0 Å². The van der Waals surface area contributed by atoms with Crippen LogP contribution in [0.1, 0.15) is 46.1 Å². The maximum absolute atomic E-state index is 12.2. The van der Waals surface area contributed by atoms with Gasteiger partial charge in [-0.2, -0.15) is 0 Å². The van der Waals surface area contributed by atoms with E-state index >= 15 is 0 Å². The molecule has 0 radical (unpaired) electrons. The lowest BCUT2D eigenvalue weighted by molar-refractivity contribution is -0.135. The van der Waals surface area contributed by atoms with Crippen molar-refractivity contribution in [2.24, 2.45) is 0 Å². The standard InChI is InChI=1S/C17H27NO2/c1-13(2)18(14(3)4)17(19)7-6-12-20-16-10-8-15(5)9-11-16/h8-11,13-14H,6-7,12H2,1-5H3. The fourth-order valence-corrected chi connectivity index (χ4v) is 2.35. The Balaban J connectivity index is 2.33. The van der Waals surface area contributed by atoms with Crippen molar-refractivity contribution in [3.8, 4) is 5.75 Å². The molecule has 0 atom stereocenters. The second-order valence-corrected chi connectivity index (χ2v) is 5.75. The van der Waals surface area contributed by atoms with E-state index < -0.39 is 0 Å². The van der Waals surface area contributed by atoms with Gasteiger partial charge in [-0.25, -0.2) is 0 Å². The summed E-state index contributed by atoms with van der Waals surface area (Å²) in [5.41, 5.74) is 1.22. The molecule has 112 valence electrons. The third-order valence-electron chi connectivity index (χ3n) is 3.23. The molecule has 0 aromatic heterocycles. The zero-order chi connectivity index (χ0) is 15.1. The van der Waals surface area contributed by atoms with Crippen molar-refractivity contribution in [2.75, 3.05) is 6.61 Å². The Kier molecular flexibility index (Phi) is 6.56. The first kappa shape index (κ1) is 16.5. The minimum Gasteiger partial charge on any atom is -0.494 e. The van der Waals surface area contributed by atoms with Gasteiger partial charge in [0.1, 0.15) is 5.75 Å². The number of aryl methyl sites for hydroxylation is 1. The van der Waals surface area contributed by atoms with Crippen molar-refractivity contribution in [2.45, 2.75) is 59.5 Å². The van der Waals surface area contributed by atoms with Crippen LogP contribution in [0.5, 0.6) is 5.75 Å². The number of hydrogen-bond acceptors (Lipinski definition) is 2. The lowest BCUT2D eigenvalue weighted by atomic mass is 10.2. The van der Waals surface area contributed by atoms with Crippen LogP contribution in [-0.2, 0) is 4.79 Å². The summed E-state index contributed by atoms with van der Waals surface area (Å²) in [6.07, 6.45) is 1.30. The van der Waals surface area contributed by atoms with E-state index in [2.05, 4.69) is 34.6 Å². The van der Waals surface area contributed by atoms with Crippen LogP contribution < -0.4 is 4.74 Å². The van der Waals surface area contributed by atoms with Gasteiger partial charge in [0.05, 0.1) is 6.61 Å². The van der Waals surface area contributed by atoms with Gasteiger partial charge in [0.25, 0.3) is 0 Å². The van der Waals surface area contributed by atoms with Gasteiger partial charge in [0, 0.05) is 18.5 Å². The summed E-state index contributed by atoms with van der Waals surface area (Å²) in [6, 6.07) is 8.48. The highest BCUT2D eigenvalue weighted by atomic mass is 16.5. The Morgan fingerprint density at radius 3 is 2.15 bits per heavy atom. The minimum atomic E-state index is 0.211. The Bertz CT molecular complexity index is 402. The molecule has 3 heteroatoms. The molecule has 20 heavy (non-hydrogen) atoms. The number of ether oxygens (including phenoxy) is 1. The molecular formula is C17H27NO2. The van der Waals surface area contributed by atoms with E-state index in [1.54, 1.807) is 0 Å². The van der Waals surface area contributed by atoms with Gasteiger partial charge in [-0.05, 0) is 53.2 Å². The minimum absolute atomic E-state index is 0.211. The summed E-state index contributed by atoms with van der Waals surface area (Å²) < 4.78 is 5.64. The summed E-state index contributed by atoms with van der Waals surface area (Å²) in [5, 5.41) is 0. The molecule has 0 fully saturated rings. The van der Waals surface area contributed by atoms with Gasteiger partial charge < -0.3 is 9.64 Å². The van der Waals surface area contributed by atoms with E-state index in [1.165, 1.54) is 5.56 Å². The smallest absolute Gasteiger partial charge is 0.223 e. The number of nitrogens with zero attached hydrogens (tertiary/aromatic N) is 1. The molecule has 0 saturated heterocycles. The van der Waals surface area contributed by atoms with Gasteiger partial charge in [-0.3, -0.25) is 4.79 Å². The third-order valence-corrected chi connectivity index (χ3v) is 3.23. The van der Waals surface area contributed by atoms with Crippen molar-refractivity contribution < 1.29 is 9.53 Å². The molecule has 0 aliphatic rings. The molecule has 0 aliphatic heterocycles. The van der Waals surface area contributed by atoms with Gasteiger partial charge >= 0.3 is 0 Å². The van der Waals surface area contributed by atoms with Gasteiger partial charge in [-0.1, -0.05) is 17.7 Å². The van der Waals surface area contributed by atoms with Crippen molar-refractivity contribution in [1.82, 2.24) is 4.90 Å². The normalized spacial score (nSPS) is 10.9. The summed E-state index contributed by atoms with van der Waals surface area (Å²) in [6.45, 7) is 10.9. The fourth-order valence-electron chi connectivity index (χ4n) is 2.35. The van der Waals surface area contributed by atoms with Crippen LogP contribution in [0.15, 0.2) is 24.3 Å². The van der Waals surface area contributed by atoms with Gasteiger partial charge in [-0.15, -0.1) is 0 Å². The number of rotatable bonds is 7. The average molecular weight is 277 g/mol. The van der Waals surface area contributed by atoms with Crippen LogP contribution >= 0.6 is 0 Å². The second-order valence-electron chi connectivity index (χ2n) is 5.75. The van der Waals surface area contributed by atoms with Crippen LogP contribution in [-0.4, -0.2) is 29.5 Å². The molecule has 0 saturated carbocycles. The Hall–Kier alpha value is -1.51. The molecule has 0 N–H and O–H groups in total. The van der Waals surface area contributed by atoms with E-state index in [0.29, 0.717) is 13.0 Å². The molecule has 0 bridgehead atoms. The highest BCUT2D eigenvalue weighted by molar-refractivity contribution is 5.76. The topological polar surface area (TPSA) is 29.5 Å². The van der Waals surface area contributed by atoms with Crippen molar-refractivity contribution >= 4 is 5.91 Å². The van der Waals surface area contributed by atoms with E-state index in [0.717, 1.165) is 12.2 Å².